The highest BCUT2D eigenvalue weighted by Gasteiger charge is 2.87. The highest BCUT2D eigenvalue weighted by atomic mass is 32.2. The van der Waals surface area contributed by atoms with Gasteiger partial charge in [-0.05, 0) is 12.2 Å². The van der Waals surface area contributed by atoms with Gasteiger partial charge in [-0.3, -0.25) is 0 Å². The van der Waals surface area contributed by atoms with Gasteiger partial charge in [0.2, 0.25) is 4.38 Å². The fourth-order valence-electron chi connectivity index (χ4n) is 0.964. The van der Waals surface area contributed by atoms with E-state index >= 15 is 0 Å². The Morgan fingerprint density at radius 2 is 1.25 bits per heavy atom. The zero-order valence-corrected chi connectivity index (χ0v) is 12.8. The number of ether oxygens (including phenoxy) is 2. The Bertz CT molecular complexity index is 449. The molecule has 0 fully saturated rings. The lowest BCUT2D eigenvalue weighted by atomic mass is 10.0. The standard InChI is InChI=1S/C9H7F11O2S2/c1-21-2-3-22-4(23)24-9(19,20)7(14,15)5(10,11)6(12,13)8(16,17)18/h2-3H2,1H3. The Labute approximate surface area is 136 Å². The molecule has 2 nitrogen and oxygen atoms in total. The van der Waals surface area contributed by atoms with Crippen molar-refractivity contribution in [2.24, 2.45) is 0 Å². The van der Waals surface area contributed by atoms with Crippen molar-refractivity contribution < 1.29 is 57.8 Å². The third-order valence-electron chi connectivity index (χ3n) is 2.23. The van der Waals surface area contributed by atoms with Gasteiger partial charge in [0.1, 0.15) is 6.61 Å². The van der Waals surface area contributed by atoms with Crippen LogP contribution in [0.25, 0.3) is 0 Å². The number of hydrogen-bond acceptors (Lipinski definition) is 4. The van der Waals surface area contributed by atoms with Crippen LogP contribution in [0.5, 0.6) is 0 Å². The van der Waals surface area contributed by atoms with Gasteiger partial charge in [-0.25, -0.2) is 0 Å². The van der Waals surface area contributed by atoms with E-state index in [0.29, 0.717) is 0 Å². The molecule has 15 heteroatoms. The van der Waals surface area contributed by atoms with Gasteiger partial charge in [0.05, 0.1) is 6.61 Å². The summed E-state index contributed by atoms with van der Waals surface area (Å²) in [6.07, 6.45) is -7.20. The maximum absolute atomic E-state index is 13.2. The summed E-state index contributed by atoms with van der Waals surface area (Å²) in [6.45, 7) is -0.871. The lowest BCUT2D eigenvalue weighted by Gasteiger charge is -2.36. The third kappa shape index (κ3) is 4.33. The van der Waals surface area contributed by atoms with Gasteiger partial charge in [-0.15, -0.1) is 0 Å². The highest BCUT2D eigenvalue weighted by Crippen LogP contribution is 2.59. The topological polar surface area (TPSA) is 18.5 Å². The largest absolute Gasteiger partial charge is 0.476 e. The SMILES string of the molecule is COCCOC(=S)SC(F)(F)C(F)(F)C(F)(F)C(F)(F)C(F)(F)F. The van der Waals surface area contributed by atoms with E-state index in [-0.39, 0.29) is 6.61 Å². The third-order valence-corrected chi connectivity index (χ3v) is 3.39. The Balaban J connectivity index is 5.49. The van der Waals surface area contributed by atoms with Crippen LogP contribution in [0.2, 0.25) is 0 Å². The van der Waals surface area contributed by atoms with E-state index in [4.69, 9.17) is 0 Å². The summed E-state index contributed by atoms with van der Waals surface area (Å²) in [5.41, 5.74) is 0. The summed E-state index contributed by atoms with van der Waals surface area (Å²) in [7, 11) is 1.11. The van der Waals surface area contributed by atoms with Crippen molar-refractivity contribution in [2.45, 2.75) is 29.2 Å². The molecule has 0 aliphatic rings. The number of halogens is 11. The first-order chi connectivity index (χ1) is 10.5. The van der Waals surface area contributed by atoms with E-state index in [9.17, 15) is 48.3 Å². The van der Waals surface area contributed by atoms with E-state index in [1.54, 1.807) is 0 Å². The molecule has 0 aliphatic heterocycles. The molecule has 0 bridgehead atoms. The van der Waals surface area contributed by atoms with Gasteiger partial charge in [-0.2, -0.15) is 48.3 Å². The maximum atomic E-state index is 13.2. The molecule has 0 spiro atoms. The average Bonchev–Trinajstić information content (AvgIpc) is 2.36. The predicted molar refractivity (Wildman–Crippen MR) is 63.9 cm³/mol. The molecule has 24 heavy (non-hydrogen) atoms. The molecule has 0 saturated heterocycles. The zero-order chi connectivity index (χ0) is 19.6. The maximum Gasteiger partial charge on any atom is 0.460 e. The highest BCUT2D eigenvalue weighted by molar-refractivity contribution is 8.23. The summed E-state index contributed by atoms with van der Waals surface area (Å²) in [6, 6.07) is 0. The molecule has 144 valence electrons. The van der Waals surface area contributed by atoms with E-state index in [2.05, 4.69) is 21.7 Å². The van der Waals surface area contributed by atoms with Crippen molar-refractivity contribution in [1.29, 1.82) is 0 Å². The first-order valence-corrected chi connectivity index (χ1v) is 6.61. The molecule has 0 amide bonds. The number of methoxy groups -OCH3 is 1. The second-order valence-corrected chi connectivity index (χ2v) is 5.65. The fourth-order valence-corrected chi connectivity index (χ4v) is 1.97. The minimum atomic E-state index is -7.46. The molecular weight excluding hydrogens is 413 g/mol. The molecule has 0 radical (unpaired) electrons. The van der Waals surface area contributed by atoms with Crippen molar-refractivity contribution >= 4 is 28.4 Å². The molecule has 0 aromatic heterocycles. The molecule has 0 saturated carbocycles. The molecule has 0 unspecified atom stereocenters. The minimum Gasteiger partial charge on any atom is -0.476 e. The quantitative estimate of drug-likeness (QED) is 0.337. The van der Waals surface area contributed by atoms with E-state index in [0.717, 1.165) is 7.11 Å². The lowest BCUT2D eigenvalue weighted by Crippen LogP contribution is -2.65. The lowest BCUT2D eigenvalue weighted by molar-refractivity contribution is -0.412. The van der Waals surface area contributed by atoms with Crippen LogP contribution >= 0.6 is 24.0 Å². The van der Waals surface area contributed by atoms with Gasteiger partial charge in [0.15, 0.2) is 0 Å². The Kier molecular flexibility index (Phi) is 7.18. The van der Waals surface area contributed by atoms with Crippen LogP contribution in [-0.2, 0) is 9.47 Å². The van der Waals surface area contributed by atoms with E-state index in [1.165, 1.54) is 0 Å². The van der Waals surface area contributed by atoms with Crippen molar-refractivity contribution in [3.05, 3.63) is 0 Å². The second kappa shape index (κ2) is 7.35. The number of thiocarbonyl (C=S) groups is 1. The predicted octanol–water partition coefficient (Wildman–Crippen LogP) is 4.73. The number of thioether (sulfide) groups is 1. The van der Waals surface area contributed by atoms with Crippen LogP contribution in [0.4, 0.5) is 48.3 Å². The van der Waals surface area contributed by atoms with Gasteiger partial charge in [0.25, 0.3) is 0 Å². The minimum absolute atomic E-state index is 0.287. The van der Waals surface area contributed by atoms with Crippen molar-refractivity contribution in [3.8, 4) is 0 Å². The molecular formula is C9H7F11O2S2. The summed E-state index contributed by atoms with van der Waals surface area (Å²) in [5, 5.41) is -6.13. The molecule has 0 aliphatic carbocycles. The first-order valence-electron chi connectivity index (χ1n) is 5.38. The Morgan fingerprint density at radius 1 is 0.792 bits per heavy atom. The van der Waals surface area contributed by atoms with E-state index in [1.807, 2.05) is 0 Å². The van der Waals surface area contributed by atoms with Crippen LogP contribution < -0.4 is 0 Å². The molecule has 0 aromatic carbocycles. The molecule has 0 rings (SSSR count). The van der Waals surface area contributed by atoms with Crippen molar-refractivity contribution in [2.75, 3.05) is 20.3 Å². The van der Waals surface area contributed by atoms with Gasteiger partial charge in [0, 0.05) is 18.9 Å². The van der Waals surface area contributed by atoms with Crippen LogP contribution in [-0.4, -0.2) is 53.9 Å². The summed E-state index contributed by atoms with van der Waals surface area (Å²) < 4.78 is 146. The van der Waals surface area contributed by atoms with Crippen LogP contribution in [0.15, 0.2) is 0 Å². The van der Waals surface area contributed by atoms with Gasteiger partial charge in [-0.1, -0.05) is 0 Å². The summed E-state index contributed by atoms with van der Waals surface area (Å²) >= 11 is 2.39. The number of alkyl halides is 11. The van der Waals surface area contributed by atoms with Crippen LogP contribution in [0.3, 0.4) is 0 Å². The normalized spacial score (nSPS) is 14.7. The number of rotatable bonds is 7. The van der Waals surface area contributed by atoms with Crippen molar-refractivity contribution in [1.82, 2.24) is 0 Å². The molecule has 0 aromatic rings. The van der Waals surface area contributed by atoms with Gasteiger partial charge < -0.3 is 9.47 Å². The van der Waals surface area contributed by atoms with E-state index < -0.39 is 51.9 Å². The second-order valence-electron chi connectivity index (χ2n) is 3.93. The Hall–Kier alpha value is -0.570. The molecule has 0 heterocycles. The fraction of sp³-hybridized carbons (Fsp3) is 0.889. The Morgan fingerprint density at radius 3 is 1.62 bits per heavy atom. The zero-order valence-electron chi connectivity index (χ0n) is 11.2. The molecule has 0 atom stereocenters. The summed E-state index contributed by atoms with van der Waals surface area (Å²) in [5.74, 6) is -22.0. The molecule has 0 N–H and O–H groups in total. The van der Waals surface area contributed by atoms with Gasteiger partial charge >= 0.3 is 29.2 Å². The average molecular weight is 420 g/mol. The number of hydrogen-bond donors (Lipinski definition) is 0. The van der Waals surface area contributed by atoms with Crippen LogP contribution in [0, 0.1) is 0 Å². The monoisotopic (exact) mass is 420 g/mol. The van der Waals surface area contributed by atoms with Crippen LogP contribution in [0.1, 0.15) is 0 Å². The smallest absolute Gasteiger partial charge is 0.460 e. The van der Waals surface area contributed by atoms with Crippen molar-refractivity contribution in [3.63, 3.8) is 0 Å². The summed E-state index contributed by atoms with van der Waals surface area (Å²) in [4.78, 5) is 0. The first kappa shape index (κ1) is 23.4.